The number of carbonyl (C=O) groups excluding carboxylic acids is 1. The molecule has 7 nitrogen and oxygen atoms in total. The number of hydrogen-bond acceptors (Lipinski definition) is 7. The first-order valence-electron chi connectivity index (χ1n) is 9.53. The molecule has 0 spiro atoms. The molecule has 0 fully saturated rings. The number of aryl methyl sites for hydroxylation is 2. The van der Waals surface area contributed by atoms with Gasteiger partial charge >= 0.3 is 5.97 Å². The number of aromatic nitrogens is 2. The van der Waals surface area contributed by atoms with Crippen LogP contribution in [0.3, 0.4) is 0 Å². The van der Waals surface area contributed by atoms with E-state index in [1.807, 2.05) is 44.2 Å². The summed E-state index contributed by atoms with van der Waals surface area (Å²) in [5.74, 6) is 1.33. The normalized spacial score (nSPS) is 12.4. The standard InChI is InChI=1S/C22H23N3O4/c1-12(2)29-22(26)20-21(25-17-8-14(4)13(3)7-16(17)24-20)23-10-15-5-6-18-19(9-15)28-11-27-18/h5-9,12H,10-11H2,1-4H3,(H,23,25). The molecular formula is C22H23N3O4. The molecule has 4 rings (SSSR count). The minimum absolute atomic E-state index is 0.176. The topological polar surface area (TPSA) is 82.6 Å². The number of hydrogen-bond donors (Lipinski definition) is 1. The molecule has 0 bridgehead atoms. The molecule has 3 aromatic rings. The SMILES string of the molecule is Cc1cc2nc(NCc3ccc4c(c3)OCO4)c(C(=O)OC(C)C)nc2cc1C. The summed E-state index contributed by atoms with van der Waals surface area (Å²) in [5.41, 5.74) is 4.75. The molecule has 0 unspecified atom stereocenters. The lowest BCUT2D eigenvalue weighted by Crippen LogP contribution is -2.17. The van der Waals surface area contributed by atoms with Crippen LogP contribution in [0.4, 0.5) is 5.82 Å². The Hall–Kier alpha value is -3.35. The minimum atomic E-state index is -0.499. The van der Waals surface area contributed by atoms with Crippen LogP contribution < -0.4 is 14.8 Å². The predicted molar refractivity (Wildman–Crippen MR) is 109 cm³/mol. The lowest BCUT2D eigenvalue weighted by molar-refractivity contribution is 0.0372. The van der Waals surface area contributed by atoms with Gasteiger partial charge in [-0.15, -0.1) is 0 Å². The Kier molecular flexibility index (Phi) is 4.96. The first-order chi connectivity index (χ1) is 13.9. The van der Waals surface area contributed by atoms with Crippen LogP contribution >= 0.6 is 0 Å². The highest BCUT2D eigenvalue weighted by molar-refractivity contribution is 5.95. The Bertz CT molecular complexity index is 1100. The first kappa shape index (κ1) is 19.0. The van der Waals surface area contributed by atoms with Gasteiger partial charge in [0.1, 0.15) is 0 Å². The fourth-order valence-electron chi connectivity index (χ4n) is 3.08. The third-order valence-electron chi connectivity index (χ3n) is 4.71. The van der Waals surface area contributed by atoms with Crippen molar-refractivity contribution in [1.29, 1.82) is 0 Å². The molecule has 0 aliphatic carbocycles. The van der Waals surface area contributed by atoms with Crippen molar-refractivity contribution in [2.24, 2.45) is 0 Å². The molecule has 0 saturated carbocycles. The fourth-order valence-corrected chi connectivity index (χ4v) is 3.08. The zero-order valence-electron chi connectivity index (χ0n) is 16.9. The van der Waals surface area contributed by atoms with E-state index in [9.17, 15) is 4.79 Å². The number of rotatable bonds is 5. The molecule has 29 heavy (non-hydrogen) atoms. The monoisotopic (exact) mass is 393 g/mol. The van der Waals surface area contributed by atoms with Crippen LogP contribution in [0.1, 0.15) is 41.0 Å². The number of benzene rings is 2. The van der Waals surface area contributed by atoms with Crippen molar-refractivity contribution >= 4 is 22.8 Å². The van der Waals surface area contributed by atoms with Gasteiger partial charge in [0, 0.05) is 6.54 Å². The van der Waals surface area contributed by atoms with Gasteiger partial charge < -0.3 is 19.5 Å². The minimum Gasteiger partial charge on any atom is -0.458 e. The van der Waals surface area contributed by atoms with Gasteiger partial charge in [-0.2, -0.15) is 0 Å². The number of anilines is 1. The molecular weight excluding hydrogens is 370 g/mol. The van der Waals surface area contributed by atoms with Gasteiger partial charge in [0.2, 0.25) is 6.79 Å². The second kappa shape index (κ2) is 7.58. The van der Waals surface area contributed by atoms with Crippen LogP contribution in [0.5, 0.6) is 11.5 Å². The van der Waals surface area contributed by atoms with Gasteiger partial charge in [-0.1, -0.05) is 6.07 Å². The van der Waals surface area contributed by atoms with Gasteiger partial charge in [-0.3, -0.25) is 0 Å². The van der Waals surface area contributed by atoms with E-state index in [-0.39, 0.29) is 18.6 Å². The molecule has 1 aliphatic rings. The second-order valence-electron chi connectivity index (χ2n) is 7.34. The molecule has 1 aromatic heterocycles. The van der Waals surface area contributed by atoms with Crippen LogP contribution in [-0.2, 0) is 11.3 Å². The highest BCUT2D eigenvalue weighted by Crippen LogP contribution is 2.32. The quantitative estimate of drug-likeness (QED) is 0.652. The van der Waals surface area contributed by atoms with Crippen LogP contribution in [0.15, 0.2) is 30.3 Å². The number of esters is 1. The summed E-state index contributed by atoms with van der Waals surface area (Å²) >= 11 is 0. The highest BCUT2D eigenvalue weighted by atomic mass is 16.7. The summed E-state index contributed by atoms with van der Waals surface area (Å²) in [6.45, 7) is 8.32. The maximum Gasteiger partial charge on any atom is 0.361 e. The smallest absolute Gasteiger partial charge is 0.361 e. The van der Waals surface area contributed by atoms with Crippen LogP contribution in [0, 0.1) is 13.8 Å². The molecule has 7 heteroatoms. The molecule has 0 saturated heterocycles. The molecule has 150 valence electrons. The maximum atomic E-state index is 12.6. The van der Waals surface area contributed by atoms with Crippen molar-refractivity contribution in [3.05, 3.63) is 52.7 Å². The third-order valence-corrected chi connectivity index (χ3v) is 4.71. The summed E-state index contributed by atoms with van der Waals surface area (Å²) in [4.78, 5) is 21.9. The number of carbonyl (C=O) groups is 1. The van der Waals surface area contributed by atoms with Crippen LogP contribution in [-0.4, -0.2) is 28.8 Å². The highest BCUT2D eigenvalue weighted by Gasteiger charge is 2.20. The Morgan fingerprint density at radius 3 is 2.48 bits per heavy atom. The van der Waals surface area contributed by atoms with E-state index in [2.05, 4.69) is 15.3 Å². The van der Waals surface area contributed by atoms with Crippen LogP contribution in [0.2, 0.25) is 0 Å². The van der Waals surface area contributed by atoms with Crippen molar-refractivity contribution in [1.82, 2.24) is 9.97 Å². The number of nitrogens with zero attached hydrogens (tertiary/aromatic N) is 2. The molecule has 1 aliphatic heterocycles. The largest absolute Gasteiger partial charge is 0.458 e. The maximum absolute atomic E-state index is 12.6. The molecule has 0 atom stereocenters. The van der Waals surface area contributed by atoms with Crippen molar-refractivity contribution < 1.29 is 19.0 Å². The van der Waals surface area contributed by atoms with E-state index < -0.39 is 5.97 Å². The summed E-state index contributed by atoms with van der Waals surface area (Å²) in [7, 11) is 0. The zero-order chi connectivity index (χ0) is 20.5. The second-order valence-corrected chi connectivity index (χ2v) is 7.34. The lowest BCUT2D eigenvalue weighted by Gasteiger charge is -2.14. The van der Waals surface area contributed by atoms with Gasteiger partial charge in [0.25, 0.3) is 0 Å². The molecule has 0 amide bonds. The van der Waals surface area contributed by atoms with Gasteiger partial charge in [-0.05, 0) is 68.7 Å². The van der Waals surface area contributed by atoms with E-state index in [1.54, 1.807) is 13.8 Å². The third kappa shape index (κ3) is 3.94. The van der Waals surface area contributed by atoms with Crippen molar-refractivity contribution in [2.45, 2.75) is 40.3 Å². The van der Waals surface area contributed by atoms with Crippen molar-refractivity contribution in [2.75, 3.05) is 12.1 Å². The predicted octanol–water partition coefficient (Wildman–Crippen LogP) is 4.15. The average Bonchev–Trinajstić information content (AvgIpc) is 3.14. The first-order valence-corrected chi connectivity index (χ1v) is 9.53. The molecule has 1 N–H and O–H groups in total. The van der Waals surface area contributed by atoms with E-state index in [1.165, 1.54) is 0 Å². The Labute approximate surface area is 169 Å². The summed E-state index contributed by atoms with van der Waals surface area (Å²) in [6, 6.07) is 9.62. The Balaban J connectivity index is 1.68. The van der Waals surface area contributed by atoms with Gasteiger partial charge in [0.15, 0.2) is 23.0 Å². The average molecular weight is 393 g/mol. The Morgan fingerprint density at radius 1 is 1.07 bits per heavy atom. The lowest BCUT2D eigenvalue weighted by atomic mass is 10.1. The van der Waals surface area contributed by atoms with Crippen LogP contribution in [0.25, 0.3) is 11.0 Å². The zero-order valence-corrected chi connectivity index (χ0v) is 16.9. The fraction of sp³-hybridized carbons (Fsp3) is 0.318. The van der Waals surface area contributed by atoms with E-state index in [4.69, 9.17) is 14.2 Å². The molecule has 2 aromatic carbocycles. The summed E-state index contributed by atoms with van der Waals surface area (Å²) in [6.07, 6.45) is -0.249. The van der Waals surface area contributed by atoms with Gasteiger partial charge in [0.05, 0.1) is 17.1 Å². The Morgan fingerprint density at radius 2 is 1.76 bits per heavy atom. The summed E-state index contributed by atoms with van der Waals surface area (Å²) in [5, 5.41) is 3.23. The number of nitrogens with one attached hydrogen (secondary N) is 1. The molecule has 0 radical (unpaired) electrons. The number of ether oxygens (including phenoxy) is 3. The summed E-state index contributed by atoms with van der Waals surface area (Å²) < 4.78 is 16.1. The van der Waals surface area contributed by atoms with Crippen molar-refractivity contribution in [3.63, 3.8) is 0 Å². The van der Waals surface area contributed by atoms with E-state index >= 15 is 0 Å². The van der Waals surface area contributed by atoms with Crippen molar-refractivity contribution in [3.8, 4) is 11.5 Å². The number of fused-ring (bicyclic) bond motifs is 2. The molecule has 2 heterocycles. The van der Waals surface area contributed by atoms with Gasteiger partial charge in [-0.25, -0.2) is 14.8 Å². The van der Waals surface area contributed by atoms with E-state index in [0.29, 0.717) is 23.6 Å². The van der Waals surface area contributed by atoms with E-state index in [0.717, 1.165) is 28.0 Å².